The summed E-state index contributed by atoms with van der Waals surface area (Å²) in [7, 11) is -2.22. The van der Waals surface area contributed by atoms with Gasteiger partial charge in [-0.1, -0.05) is 0 Å². The Morgan fingerprint density at radius 3 is 0.819 bits per heavy atom. The van der Waals surface area contributed by atoms with Crippen LogP contribution in [-0.4, -0.2) is 7.32 Å². The first-order valence-corrected chi connectivity index (χ1v) is 27.5. The van der Waals surface area contributed by atoms with Gasteiger partial charge in [0.1, 0.15) is 0 Å². The molecule has 0 saturated carbocycles. The zero-order chi connectivity index (χ0) is 50.5. The fourth-order valence-corrected chi connectivity index (χ4v) is 21.2. The van der Waals surface area contributed by atoms with Gasteiger partial charge >= 0.3 is 415 Å². The van der Waals surface area contributed by atoms with Crippen molar-refractivity contribution in [3.05, 3.63) is 283 Å². The quantitative estimate of drug-likeness (QED) is 0.0548. The predicted molar refractivity (Wildman–Crippen MR) is 276 cm³/mol. The molecule has 0 aromatic heterocycles. The Balaban J connectivity index is 1.47. The van der Waals surface area contributed by atoms with Crippen LogP contribution in [0.5, 0.6) is 5.75 Å². The third kappa shape index (κ3) is 9.36. The third-order valence-corrected chi connectivity index (χ3v) is 24.6. The van der Waals surface area contributed by atoms with Crippen molar-refractivity contribution >= 4 is 52.8 Å². The SMILES string of the molecule is Fc1ccc(CP(OB(Oc2cc(C(F)(F)F)cc(C(F)(F)F)c2)OP(Cc2ccc(F)cc2)(c2ccccc2)(c2ccccc2)c2ccccc2)(c2ccccc2)(c2ccccc2)c2ccccc2)cc1. The summed E-state index contributed by atoms with van der Waals surface area (Å²) < 4.78 is 142. The second-order valence-corrected chi connectivity index (χ2v) is 26.4. The van der Waals surface area contributed by atoms with Gasteiger partial charge in [0.2, 0.25) is 0 Å². The summed E-state index contributed by atoms with van der Waals surface area (Å²) in [6.45, 7) is -9.98. The maximum absolute atomic E-state index is 14.9. The summed E-state index contributed by atoms with van der Waals surface area (Å²) in [5.74, 6) is -1.89. The fourth-order valence-electron chi connectivity index (χ4n) is 9.77. The number of benzene rings is 9. The molecule has 0 heterocycles. The molecule has 0 fully saturated rings. The van der Waals surface area contributed by atoms with Gasteiger partial charge < -0.3 is 0 Å². The first kappa shape index (κ1) is 50.0. The van der Waals surface area contributed by atoms with E-state index >= 15 is 0 Å². The molecule has 0 saturated heterocycles. The average molecular weight is 1010 g/mol. The van der Waals surface area contributed by atoms with Crippen molar-refractivity contribution in [1.82, 2.24) is 0 Å². The molecule has 0 spiro atoms. The second-order valence-electron chi connectivity index (χ2n) is 17.4. The number of hydrogen-bond donors (Lipinski definition) is 0. The van der Waals surface area contributed by atoms with Gasteiger partial charge in [0.05, 0.1) is 0 Å². The minimum atomic E-state index is -5.25. The summed E-state index contributed by atoms with van der Waals surface area (Å²) >= 11 is 0. The predicted octanol–water partition coefficient (Wildman–Crippen LogP) is 13.7. The monoisotopic (exact) mass is 1010 g/mol. The van der Waals surface area contributed by atoms with Crippen molar-refractivity contribution in [1.29, 1.82) is 0 Å². The first-order valence-electron chi connectivity index (χ1n) is 22.8. The van der Waals surface area contributed by atoms with Crippen molar-refractivity contribution < 1.29 is 48.7 Å². The summed E-state index contributed by atoms with van der Waals surface area (Å²) in [6, 6.07) is 67.5. The molecule has 14 heteroatoms. The normalized spacial score (nSPS) is 13.3. The van der Waals surface area contributed by atoms with Gasteiger partial charge in [-0.25, -0.2) is 0 Å². The van der Waals surface area contributed by atoms with Gasteiger partial charge in [-0.05, 0) is 0 Å². The van der Waals surface area contributed by atoms with Gasteiger partial charge in [0, 0.05) is 0 Å². The molecule has 0 aliphatic rings. The second kappa shape index (κ2) is 19.9. The average Bonchev–Trinajstić information content (AvgIpc) is 3.40. The molecule has 9 aromatic carbocycles. The number of alkyl halides is 6. The standard InChI is InChI=1S/C58H45BF8O3P2/c60-48-35-31-44(32-36-48)42-71(51-19-7-1-8-20-51,52-21-9-2-10-22-52,53-23-11-3-12-24-53)69-59(68-50-40-46(57(62,63)64)39-47(41-50)58(65,66)67)70-72(54-25-13-4-14-26-54,55-27-15-5-16-28-55,56-29-17-6-18-30-56)43-45-33-37-49(61)38-34-45/h1-41H,42-43H2. The van der Waals surface area contributed by atoms with Crippen molar-refractivity contribution in [3.8, 4) is 5.75 Å². The van der Waals surface area contributed by atoms with E-state index in [0.29, 0.717) is 55.1 Å². The molecule has 9 aromatic rings. The van der Waals surface area contributed by atoms with Crippen LogP contribution in [0.25, 0.3) is 0 Å². The molecule has 0 aliphatic carbocycles. The van der Waals surface area contributed by atoms with E-state index in [1.807, 2.05) is 182 Å². The number of hydrogen-bond acceptors (Lipinski definition) is 3. The van der Waals surface area contributed by atoms with Crippen LogP contribution in [0.1, 0.15) is 22.3 Å². The molecule has 0 N–H and O–H groups in total. The van der Waals surface area contributed by atoms with Gasteiger partial charge in [0.15, 0.2) is 0 Å². The van der Waals surface area contributed by atoms with Crippen molar-refractivity contribution in [2.45, 2.75) is 24.7 Å². The molecule has 0 amide bonds. The van der Waals surface area contributed by atoms with Gasteiger partial charge in [-0.2, -0.15) is 0 Å². The Morgan fingerprint density at radius 2 is 0.583 bits per heavy atom. The van der Waals surface area contributed by atoms with E-state index in [1.54, 1.807) is 24.3 Å². The van der Waals surface area contributed by atoms with Crippen LogP contribution in [0, 0.1) is 11.6 Å². The van der Waals surface area contributed by atoms with Crippen LogP contribution in [0.4, 0.5) is 35.1 Å². The molecule has 72 heavy (non-hydrogen) atoms. The Labute approximate surface area is 412 Å². The Morgan fingerprint density at radius 1 is 0.333 bits per heavy atom. The zero-order valence-electron chi connectivity index (χ0n) is 38.3. The van der Waals surface area contributed by atoms with Crippen LogP contribution in [0.3, 0.4) is 0 Å². The Kier molecular flexibility index (Phi) is 13.8. The van der Waals surface area contributed by atoms with E-state index in [0.717, 1.165) is 0 Å². The van der Waals surface area contributed by atoms with Crippen LogP contribution in [0.15, 0.2) is 249 Å². The topological polar surface area (TPSA) is 27.7 Å². The van der Waals surface area contributed by atoms with E-state index in [9.17, 15) is 35.1 Å². The first-order chi connectivity index (χ1) is 34.6. The van der Waals surface area contributed by atoms with E-state index in [4.69, 9.17) is 13.5 Å². The Hall–Kier alpha value is -6.94. The molecule has 9 rings (SSSR count). The summed E-state index contributed by atoms with van der Waals surface area (Å²) in [6.07, 6.45) is -10.6. The molecular formula is C58H45BF8O3P2. The summed E-state index contributed by atoms with van der Waals surface area (Å²) in [5.41, 5.74) is -2.11. The van der Waals surface area contributed by atoms with Gasteiger partial charge in [-0.3, -0.25) is 0 Å². The van der Waals surface area contributed by atoms with Crippen LogP contribution < -0.4 is 36.5 Å². The van der Waals surface area contributed by atoms with E-state index in [-0.39, 0.29) is 18.4 Å². The van der Waals surface area contributed by atoms with Crippen molar-refractivity contribution in [3.63, 3.8) is 0 Å². The third-order valence-electron chi connectivity index (χ3n) is 13.0. The van der Waals surface area contributed by atoms with Gasteiger partial charge in [0.25, 0.3) is 0 Å². The molecule has 0 atom stereocenters. The molecular weight excluding hydrogens is 969 g/mol. The summed E-state index contributed by atoms with van der Waals surface area (Å²) in [5, 5.41) is 3.42. The minimum absolute atomic E-state index is 0.0302. The van der Waals surface area contributed by atoms with Crippen molar-refractivity contribution in [2.24, 2.45) is 0 Å². The molecule has 0 aliphatic heterocycles. The Bertz CT molecular complexity index is 2810. The van der Waals surface area contributed by atoms with Crippen molar-refractivity contribution in [2.75, 3.05) is 0 Å². The van der Waals surface area contributed by atoms with Crippen LogP contribution in [0.2, 0.25) is 0 Å². The molecule has 3 nitrogen and oxygen atoms in total. The zero-order valence-corrected chi connectivity index (χ0v) is 40.1. The molecule has 364 valence electrons. The molecule has 0 unspecified atom stereocenters. The number of rotatable bonds is 16. The van der Waals surface area contributed by atoms with Gasteiger partial charge in [-0.15, -0.1) is 0 Å². The number of halogens is 8. The molecule has 0 bridgehead atoms. The van der Waals surface area contributed by atoms with Crippen LogP contribution >= 0.6 is 13.7 Å². The maximum atomic E-state index is 14.9. The summed E-state index contributed by atoms with van der Waals surface area (Å²) in [4.78, 5) is 0. The van der Waals surface area contributed by atoms with E-state index < -0.39 is 61.8 Å². The fraction of sp³-hybridized carbons (Fsp3) is 0.0690. The molecule has 0 radical (unpaired) electrons. The van der Waals surface area contributed by atoms with Crippen LogP contribution in [-0.2, 0) is 33.6 Å². The van der Waals surface area contributed by atoms with E-state index in [1.165, 1.54) is 24.3 Å². The van der Waals surface area contributed by atoms with E-state index in [2.05, 4.69) is 0 Å².